The number of carbonyl (C=O) groups is 1. The van der Waals surface area contributed by atoms with Gasteiger partial charge in [0.25, 0.3) is 0 Å². The number of carboxylic acid groups (broad SMARTS) is 1. The Morgan fingerprint density at radius 3 is 2.94 bits per heavy atom. The maximum absolute atomic E-state index is 10.9. The van der Waals surface area contributed by atoms with Gasteiger partial charge in [0.05, 0.1) is 5.56 Å². The predicted molar refractivity (Wildman–Crippen MR) is 62.5 cm³/mol. The fourth-order valence-corrected chi connectivity index (χ4v) is 2.37. The van der Waals surface area contributed by atoms with Gasteiger partial charge in [-0.2, -0.15) is 0 Å². The molecule has 16 heavy (non-hydrogen) atoms. The van der Waals surface area contributed by atoms with Gasteiger partial charge in [-0.05, 0) is 43.1 Å². The van der Waals surface area contributed by atoms with Crippen molar-refractivity contribution in [2.45, 2.75) is 32.9 Å². The van der Waals surface area contributed by atoms with E-state index in [1.807, 2.05) is 12.1 Å². The molecule has 0 saturated heterocycles. The highest BCUT2D eigenvalue weighted by Gasteiger charge is 2.26. The van der Waals surface area contributed by atoms with Crippen molar-refractivity contribution in [3.63, 3.8) is 0 Å². The molecule has 1 aliphatic rings. The van der Waals surface area contributed by atoms with Crippen LogP contribution in [-0.4, -0.2) is 22.5 Å². The SMILES string of the molecule is CCCN1Cc2ccc(C(=O)O)cc2C1C. The van der Waals surface area contributed by atoms with Gasteiger partial charge in [-0.15, -0.1) is 0 Å². The maximum atomic E-state index is 10.9. The molecule has 1 heterocycles. The quantitative estimate of drug-likeness (QED) is 0.849. The van der Waals surface area contributed by atoms with E-state index in [9.17, 15) is 4.79 Å². The summed E-state index contributed by atoms with van der Waals surface area (Å²) in [5.41, 5.74) is 2.84. The number of hydrogen-bond acceptors (Lipinski definition) is 2. The van der Waals surface area contributed by atoms with Crippen LogP contribution in [0.15, 0.2) is 18.2 Å². The molecule has 1 unspecified atom stereocenters. The summed E-state index contributed by atoms with van der Waals surface area (Å²) in [6.45, 7) is 6.33. The summed E-state index contributed by atoms with van der Waals surface area (Å²) < 4.78 is 0. The molecule has 1 aliphatic heterocycles. The Morgan fingerprint density at radius 2 is 2.31 bits per heavy atom. The molecule has 0 aromatic heterocycles. The molecule has 1 aromatic carbocycles. The topological polar surface area (TPSA) is 40.5 Å². The lowest BCUT2D eigenvalue weighted by molar-refractivity contribution is 0.0696. The number of carboxylic acids is 1. The lowest BCUT2D eigenvalue weighted by Gasteiger charge is -2.20. The van der Waals surface area contributed by atoms with Crippen molar-refractivity contribution in [3.05, 3.63) is 34.9 Å². The van der Waals surface area contributed by atoms with Crippen molar-refractivity contribution < 1.29 is 9.90 Å². The molecule has 0 spiro atoms. The highest BCUT2D eigenvalue weighted by atomic mass is 16.4. The molecule has 1 N–H and O–H groups in total. The van der Waals surface area contributed by atoms with Gasteiger partial charge in [0.15, 0.2) is 0 Å². The lowest BCUT2D eigenvalue weighted by Crippen LogP contribution is -2.20. The van der Waals surface area contributed by atoms with Crippen LogP contribution >= 0.6 is 0 Å². The van der Waals surface area contributed by atoms with Crippen molar-refractivity contribution in [2.75, 3.05) is 6.54 Å². The fraction of sp³-hybridized carbons (Fsp3) is 0.462. The molecule has 1 atom stereocenters. The van der Waals surface area contributed by atoms with E-state index < -0.39 is 5.97 Å². The molecular weight excluding hydrogens is 202 g/mol. The highest BCUT2D eigenvalue weighted by Crippen LogP contribution is 2.33. The summed E-state index contributed by atoms with van der Waals surface area (Å²) >= 11 is 0. The summed E-state index contributed by atoms with van der Waals surface area (Å²) in [4.78, 5) is 13.3. The zero-order valence-electron chi connectivity index (χ0n) is 9.73. The maximum Gasteiger partial charge on any atom is 0.335 e. The normalized spacial score (nSPS) is 19.8. The predicted octanol–water partition coefficient (Wildman–Crippen LogP) is 2.67. The average molecular weight is 219 g/mol. The van der Waals surface area contributed by atoms with Crippen molar-refractivity contribution >= 4 is 5.97 Å². The largest absolute Gasteiger partial charge is 0.478 e. The summed E-state index contributed by atoms with van der Waals surface area (Å²) in [7, 11) is 0. The second-order valence-corrected chi connectivity index (χ2v) is 4.37. The minimum absolute atomic E-state index is 0.342. The van der Waals surface area contributed by atoms with Crippen LogP contribution in [0.1, 0.15) is 47.8 Å². The molecule has 0 saturated carbocycles. The van der Waals surface area contributed by atoms with Gasteiger partial charge < -0.3 is 5.11 Å². The van der Waals surface area contributed by atoms with Crippen LogP contribution in [0.25, 0.3) is 0 Å². The first-order valence-electron chi connectivity index (χ1n) is 5.73. The first kappa shape index (κ1) is 11.1. The molecule has 3 nitrogen and oxygen atoms in total. The Labute approximate surface area is 95.7 Å². The van der Waals surface area contributed by atoms with E-state index in [0.29, 0.717) is 11.6 Å². The second-order valence-electron chi connectivity index (χ2n) is 4.37. The Morgan fingerprint density at radius 1 is 1.56 bits per heavy atom. The van der Waals surface area contributed by atoms with Crippen LogP contribution < -0.4 is 0 Å². The van der Waals surface area contributed by atoms with Crippen LogP contribution in [-0.2, 0) is 6.54 Å². The number of nitrogens with zero attached hydrogens (tertiary/aromatic N) is 1. The third-order valence-corrected chi connectivity index (χ3v) is 3.27. The van der Waals surface area contributed by atoms with Gasteiger partial charge in [0, 0.05) is 12.6 Å². The Kier molecular flexibility index (Phi) is 2.97. The van der Waals surface area contributed by atoms with Crippen molar-refractivity contribution in [1.29, 1.82) is 0 Å². The van der Waals surface area contributed by atoms with Gasteiger partial charge in [-0.3, -0.25) is 4.90 Å². The average Bonchev–Trinajstić information content (AvgIpc) is 2.56. The Balaban J connectivity index is 2.30. The van der Waals surface area contributed by atoms with E-state index in [2.05, 4.69) is 18.7 Å². The van der Waals surface area contributed by atoms with Gasteiger partial charge in [0.1, 0.15) is 0 Å². The molecule has 2 rings (SSSR count). The number of fused-ring (bicyclic) bond motifs is 1. The standard InChI is InChI=1S/C13H17NO2/c1-3-6-14-8-11-5-4-10(13(15)16)7-12(11)9(14)2/h4-5,7,9H,3,6,8H2,1-2H3,(H,15,16). The summed E-state index contributed by atoms with van der Waals surface area (Å²) in [6.07, 6.45) is 1.13. The van der Waals surface area contributed by atoms with Crippen LogP contribution in [0, 0.1) is 0 Å². The second kappa shape index (κ2) is 4.26. The summed E-state index contributed by atoms with van der Waals surface area (Å²) in [6, 6.07) is 5.81. The monoisotopic (exact) mass is 219 g/mol. The van der Waals surface area contributed by atoms with Crippen LogP contribution in [0.2, 0.25) is 0 Å². The fourth-order valence-electron chi connectivity index (χ4n) is 2.37. The molecular formula is C13H17NO2. The highest BCUT2D eigenvalue weighted by molar-refractivity contribution is 5.88. The van der Waals surface area contributed by atoms with E-state index in [0.717, 1.165) is 19.5 Å². The smallest absolute Gasteiger partial charge is 0.335 e. The molecule has 1 aromatic rings. The molecule has 0 bridgehead atoms. The molecule has 0 aliphatic carbocycles. The minimum atomic E-state index is -0.844. The van der Waals surface area contributed by atoms with Crippen molar-refractivity contribution in [3.8, 4) is 0 Å². The zero-order chi connectivity index (χ0) is 11.7. The van der Waals surface area contributed by atoms with Crippen LogP contribution in [0.4, 0.5) is 0 Å². The van der Waals surface area contributed by atoms with E-state index in [1.165, 1.54) is 11.1 Å². The van der Waals surface area contributed by atoms with E-state index in [1.54, 1.807) is 6.07 Å². The van der Waals surface area contributed by atoms with Crippen LogP contribution in [0.3, 0.4) is 0 Å². The number of hydrogen-bond donors (Lipinski definition) is 1. The van der Waals surface area contributed by atoms with Gasteiger partial charge in [0.2, 0.25) is 0 Å². The van der Waals surface area contributed by atoms with E-state index in [4.69, 9.17) is 5.11 Å². The van der Waals surface area contributed by atoms with Crippen LogP contribution in [0.5, 0.6) is 0 Å². The number of benzene rings is 1. The minimum Gasteiger partial charge on any atom is -0.478 e. The van der Waals surface area contributed by atoms with Crippen molar-refractivity contribution in [1.82, 2.24) is 4.90 Å². The summed E-state index contributed by atoms with van der Waals surface area (Å²) in [5, 5.41) is 8.96. The van der Waals surface area contributed by atoms with Gasteiger partial charge >= 0.3 is 5.97 Å². The molecule has 0 fully saturated rings. The Hall–Kier alpha value is -1.35. The molecule has 0 radical (unpaired) electrons. The van der Waals surface area contributed by atoms with E-state index in [-0.39, 0.29) is 0 Å². The zero-order valence-corrected chi connectivity index (χ0v) is 9.73. The molecule has 0 amide bonds. The molecule has 86 valence electrons. The first-order valence-corrected chi connectivity index (χ1v) is 5.73. The number of aromatic carboxylic acids is 1. The third-order valence-electron chi connectivity index (χ3n) is 3.27. The first-order chi connectivity index (χ1) is 7.63. The lowest BCUT2D eigenvalue weighted by atomic mass is 10.0. The van der Waals surface area contributed by atoms with Gasteiger partial charge in [-0.1, -0.05) is 13.0 Å². The number of rotatable bonds is 3. The van der Waals surface area contributed by atoms with Crippen molar-refractivity contribution in [2.24, 2.45) is 0 Å². The molecule has 3 heteroatoms. The van der Waals surface area contributed by atoms with E-state index >= 15 is 0 Å². The van der Waals surface area contributed by atoms with Gasteiger partial charge in [-0.25, -0.2) is 4.79 Å². The third kappa shape index (κ3) is 1.83. The summed E-state index contributed by atoms with van der Waals surface area (Å²) in [5.74, 6) is -0.844. The Bertz CT molecular complexity index is 414.